The lowest BCUT2D eigenvalue weighted by Crippen LogP contribution is -1.88. The maximum Gasteiger partial charge on any atom is 0.126 e. The van der Waals surface area contributed by atoms with Crippen molar-refractivity contribution in [1.29, 1.82) is 0 Å². The second-order valence-electron chi connectivity index (χ2n) is 4.59. The second-order valence-corrected chi connectivity index (χ2v) is 4.59. The molecule has 17 heavy (non-hydrogen) atoms. The molecule has 0 amide bonds. The smallest absolute Gasteiger partial charge is 0.126 e. The van der Waals surface area contributed by atoms with Crippen molar-refractivity contribution >= 4 is 10.8 Å². The van der Waals surface area contributed by atoms with Gasteiger partial charge in [0.25, 0.3) is 0 Å². The van der Waals surface area contributed by atoms with Gasteiger partial charge in [-0.3, -0.25) is 0 Å². The summed E-state index contributed by atoms with van der Waals surface area (Å²) in [6, 6.07) is 12.0. The van der Waals surface area contributed by atoms with Gasteiger partial charge in [-0.15, -0.1) is 0 Å². The van der Waals surface area contributed by atoms with Crippen molar-refractivity contribution in [3.63, 3.8) is 0 Å². The van der Waals surface area contributed by atoms with Crippen molar-refractivity contribution in [2.24, 2.45) is 0 Å². The lowest BCUT2D eigenvalue weighted by molar-refractivity contribution is 0.471. The fourth-order valence-electron chi connectivity index (χ4n) is 1.74. The van der Waals surface area contributed by atoms with Gasteiger partial charge >= 0.3 is 0 Å². The molecule has 0 aromatic heterocycles. The van der Waals surface area contributed by atoms with E-state index in [9.17, 15) is 5.11 Å². The average molecular weight is 230 g/mol. The minimum absolute atomic E-state index is 0.361. The van der Waals surface area contributed by atoms with Crippen LogP contribution in [0.5, 0.6) is 5.75 Å². The van der Waals surface area contributed by atoms with Gasteiger partial charge < -0.3 is 5.11 Å². The predicted molar refractivity (Wildman–Crippen MR) is 75.7 cm³/mol. The van der Waals surface area contributed by atoms with Gasteiger partial charge in [-0.2, -0.15) is 0 Å². The number of fused-ring (bicyclic) bond motifs is 1. The van der Waals surface area contributed by atoms with Crippen molar-refractivity contribution in [3.05, 3.63) is 42.0 Å². The summed E-state index contributed by atoms with van der Waals surface area (Å²) in [5, 5.41) is 12.1. The molecular weight excluding hydrogens is 208 g/mol. The SMILES string of the molecule is CC(C)c1ccc2ccccc2c1O.CCC. The highest BCUT2D eigenvalue weighted by Gasteiger charge is 2.08. The summed E-state index contributed by atoms with van der Waals surface area (Å²) in [4.78, 5) is 0. The van der Waals surface area contributed by atoms with Crippen LogP contribution in [-0.2, 0) is 0 Å². The average Bonchev–Trinajstić information content (AvgIpc) is 2.30. The zero-order valence-corrected chi connectivity index (χ0v) is 11.2. The third kappa shape index (κ3) is 3.23. The first-order valence-corrected chi connectivity index (χ1v) is 6.32. The molecule has 2 aromatic rings. The van der Waals surface area contributed by atoms with Crippen LogP contribution in [0.3, 0.4) is 0 Å². The normalized spacial score (nSPS) is 10.2. The molecule has 0 saturated heterocycles. The number of hydrogen-bond donors (Lipinski definition) is 1. The van der Waals surface area contributed by atoms with E-state index in [1.165, 1.54) is 6.42 Å². The van der Waals surface area contributed by atoms with Gasteiger partial charge in [0.05, 0.1) is 0 Å². The van der Waals surface area contributed by atoms with E-state index in [-0.39, 0.29) is 0 Å². The van der Waals surface area contributed by atoms with Crippen LogP contribution < -0.4 is 0 Å². The summed E-state index contributed by atoms with van der Waals surface area (Å²) in [5.74, 6) is 0.790. The molecule has 0 radical (unpaired) electrons. The number of phenolic OH excluding ortho intramolecular Hbond substituents is 1. The standard InChI is InChI=1S/C13H14O.C3H8/c1-9(2)11-8-7-10-5-3-4-6-12(10)13(11)14;1-3-2/h3-9,14H,1-2H3;3H2,1-2H3. The van der Waals surface area contributed by atoms with Crippen LogP contribution in [0.2, 0.25) is 0 Å². The highest BCUT2D eigenvalue weighted by Crippen LogP contribution is 2.32. The van der Waals surface area contributed by atoms with Crippen molar-refractivity contribution in [3.8, 4) is 5.75 Å². The molecule has 0 fully saturated rings. The van der Waals surface area contributed by atoms with Gasteiger partial charge in [-0.05, 0) is 16.9 Å². The molecule has 0 heterocycles. The molecule has 0 atom stereocenters. The second kappa shape index (κ2) is 6.29. The summed E-state index contributed by atoms with van der Waals surface area (Å²) < 4.78 is 0. The Bertz CT molecular complexity index is 472. The van der Waals surface area contributed by atoms with E-state index >= 15 is 0 Å². The molecule has 0 aliphatic rings. The summed E-state index contributed by atoms with van der Waals surface area (Å²) in [7, 11) is 0. The Kier molecular flexibility index (Phi) is 5.02. The molecule has 1 N–H and O–H groups in total. The van der Waals surface area contributed by atoms with Crippen molar-refractivity contribution < 1.29 is 5.11 Å². The van der Waals surface area contributed by atoms with Crippen LogP contribution in [0.1, 0.15) is 45.6 Å². The van der Waals surface area contributed by atoms with E-state index in [4.69, 9.17) is 0 Å². The highest BCUT2D eigenvalue weighted by atomic mass is 16.3. The summed E-state index contributed by atoms with van der Waals surface area (Å²) in [6.45, 7) is 8.42. The van der Waals surface area contributed by atoms with Crippen molar-refractivity contribution in [2.45, 2.75) is 40.0 Å². The highest BCUT2D eigenvalue weighted by molar-refractivity contribution is 5.89. The summed E-state index contributed by atoms with van der Waals surface area (Å²) in [6.07, 6.45) is 1.25. The third-order valence-corrected chi connectivity index (χ3v) is 2.55. The Morgan fingerprint density at radius 3 is 2.18 bits per heavy atom. The van der Waals surface area contributed by atoms with Gasteiger partial charge in [-0.25, -0.2) is 0 Å². The zero-order valence-electron chi connectivity index (χ0n) is 11.2. The van der Waals surface area contributed by atoms with Crippen LogP contribution in [0.4, 0.5) is 0 Å². The number of hydrogen-bond acceptors (Lipinski definition) is 1. The monoisotopic (exact) mass is 230 g/mol. The summed E-state index contributed by atoms with van der Waals surface area (Å²) >= 11 is 0. The third-order valence-electron chi connectivity index (χ3n) is 2.55. The van der Waals surface area contributed by atoms with Crippen molar-refractivity contribution in [1.82, 2.24) is 0 Å². The number of benzene rings is 2. The number of phenols is 1. The van der Waals surface area contributed by atoms with E-state index in [2.05, 4.69) is 33.8 Å². The minimum atomic E-state index is 0.361. The Morgan fingerprint density at radius 2 is 1.59 bits per heavy atom. The maximum atomic E-state index is 10.0. The molecule has 1 nitrogen and oxygen atoms in total. The van der Waals surface area contributed by atoms with Crippen LogP contribution in [0.25, 0.3) is 10.8 Å². The molecule has 0 saturated carbocycles. The predicted octanol–water partition coefficient (Wildman–Crippen LogP) is 5.09. The molecule has 2 rings (SSSR count). The molecule has 2 aromatic carbocycles. The van der Waals surface area contributed by atoms with Crippen LogP contribution in [0, 0.1) is 0 Å². The maximum absolute atomic E-state index is 10.0. The quantitative estimate of drug-likeness (QED) is 0.724. The van der Waals surface area contributed by atoms with Crippen LogP contribution in [-0.4, -0.2) is 5.11 Å². The first-order chi connectivity index (χ1) is 8.11. The molecule has 0 bridgehead atoms. The largest absolute Gasteiger partial charge is 0.507 e. The van der Waals surface area contributed by atoms with Crippen molar-refractivity contribution in [2.75, 3.05) is 0 Å². The Hall–Kier alpha value is -1.50. The van der Waals surface area contributed by atoms with Crippen LogP contribution in [0.15, 0.2) is 36.4 Å². The van der Waals surface area contributed by atoms with E-state index in [0.717, 1.165) is 16.3 Å². The first-order valence-electron chi connectivity index (χ1n) is 6.32. The number of aromatic hydroxyl groups is 1. The van der Waals surface area contributed by atoms with Gasteiger partial charge in [0.1, 0.15) is 5.75 Å². The van der Waals surface area contributed by atoms with Gasteiger partial charge in [0, 0.05) is 5.39 Å². The topological polar surface area (TPSA) is 20.2 Å². The fraction of sp³-hybridized carbons (Fsp3) is 0.375. The lowest BCUT2D eigenvalue weighted by Gasteiger charge is -2.10. The summed E-state index contributed by atoms with van der Waals surface area (Å²) in [5.41, 5.74) is 1.02. The Morgan fingerprint density at radius 1 is 1.00 bits per heavy atom. The molecule has 92 valence electrons. The van der Waals surface area contributed by atoms with Gasteiger partial charge in [0.15, 0.2) is 0 Å². The van der Waals surface area contributed by atoms with Gasteiger partial charge in [0.2, 0.25) is 0 Å². The zero-order chi connectivity index (χ0) is 12.8. The molecular formula is C16H22O. The molecule has 0 unspecified atom stereocenters. The van der Waals surface area contributed by atoms with E-state index < -0.39 is 0 Å². The molecule has 1 heteroatoms. The minimum Gasteiger partial charge on any atom is -0.507 e. The van der Waals surface area contributed by atoms with E-state index in [1.807, 2.05) is 30.3 Å². The van der Waals surface area contributed by atoms with E-state index in [0.29, 0.717) is 11.7 Å². The molecule has 0 spiro atoms. The van der Waals surface area contributed by atoms with E-state index in [1.54, 1.807) is 0 Å². The molecule has 0 aliphatic carbocycles. The number of rotatable bonds is 1. The Balaban J connectivity index is 0.000000437. The lowest BCUT2D eigenvalue weighted by atomic mass is 9.98. The Labute approximate surface area is 104 Å². The first kappa shape index (κ1) is 13.6. The fourth-order valence-corrected chi connectivity index (χ4v) is 1.74. The van der Waals surface area contributed by atoms with Crippen LogP contribution >= 0.6 is 0 Å². The molecule has 0 aliphatic heterocycles. The van der Waals surface area contributed by atoms with Gasteiger partial charge in [-0.1, -0.05) is 70.5 Å².